The van der Waals surface area contributed by atoms with Gasteiger partial charge in [0.05, 0.1) is 26.4 Å². The van der Waals surface area contributed by atoms with Crippen molar-refractivity contribution >= 4 is 11.9 Å². The molecule has 0 unspecified atom stereocenters. The van der Waals surface area contributed by atoms with Gasteiger partial charge in [0, 0.05) is 7.05 Å². The van der Waals surface area contributed by atoms with Crippen LogP contribution in [0.3, 0.4) is 0 Å². The van der Waals surface area contributed by atoms with Gasteiger partial charge in [-0.25, -0.2) is 16.1 Å². The molecule has 3 amide bonds. The van der Waals surface area contributed by atoms with E-state index in [1.54, 1.807) is 0 Å². The van der Waals surface area contributed by atoms with Crippen LogP contribution in [0.4, 0.5) is 4.79 Å². The molecule has 0 bridgehead atoms. The average Bonchev–Trinajstić information content (AvgIpc) is 2.35. The van der Waals surface area contributed by atoms with E-state index in [-0.39, 0.29) is 19.8 Å². The van der Waals surface area contributed by atoms with Crippen molar-refractivity contribution in [1.29, 1.82) is 0 Å². The Labute approximate surface area is 98.9 Å². The molecule has 0 aromatic rings. The molecule has 9 heteroatoms. The molecule has 0 aliphatic rings. The van der Waals surface area contributed by atoms with Crippen LogP contribution in [0.1, 0.15) is 0 Å². The smallest absolute Gasteiger partial charge is 0.338 e. The minimum atomic E-state index is -0.430. The van der Waals surface area contributed by atoms with E-state index in [1.165, 1.54) is 7.05 Å². The number of nitrogens with two attached hydrogens (primary N) is 1. The summed E-state index contributed by atoms with van der Waals surface area (Å²) in [6, 6.07) is -0.430. The fourth-order valence-corrected chi connectivity index (χ4v) is 0.695. The first-order chi connectivity index (χ1) is 8.20. The van der Waals surface area contributed by atoms with Gasteiger partial charge in [0.15, 0.2) is 0 Å². The quantitative estimate of drug-likeness (QED) is 0.160. The first-order valence-electron chi connectivity index (χ1n) is 4.95. The third-order valence-electron chi connectivity index (χ3n) is 1.49. The largest absolute Gasteiger partial charge is 0.377 e. The van der Waals surface area contributed by atoms with Crippen LogP contribution in [0.2, 0.25) is 0 Å². The second-order valence-corrected chi connectivity index (χ2v) is 2.76. The van der Waals surface area contributed by atoms with Crippen molar-refractivity contribution < 1.29 is 23.9 Å². The number of amides is 3. The van der Waals surface area contributed by atoms with Crippen LogP contribution in [0, 0.1) is 0 Å². The Morgan fingerprint density at radius 1 is 1.12 bits per heavy atom. The molecule has 17 heavy (non-hydrogen) atoms. The standard InChI is InChI=1S/C8H18N4O5/c1-10-8(14)12-17-5-4-15-2-3-16-6-7(13)11-9/h2-6,9H2,1H3,(H,11,13)(H2,10,12,14). The summed E-state index contributed by atoms with van der Waals surface area (Å²) in [5, 5.41) is 2.32. The molecule has 0 atom stereocenters. The van der Waals surface area contributed by atoms with Gasteiger partial charge in [-0.05, 0) is 0 Å². The zero-order valence-corrected chi connectivity index (χ0v) is 9.65. The maximum Gasteiger partial charge on any atom is 0.338 e. The Hall–Kier alpha value is -1.42. The molecule has 5 N–H and O–H groups in total. The summed E-state index contributed by atoms with van der Waals surface area (Å²) in [7, 11) is 1.48. The molecule has 9 nitrogen and oxygen atoms in total. The molecule has 0 aromatic heterocycles. The van der Waals surface area contributed by atoms with Crippen LogP contribution >= 0.6 is 0 Å². The molecule has 0 fully saturated rings. The van der Waals surface area contributed by atoms with Gasteiger partial charge in [0.25, 0.3) is 5.91 Å². The second kappa shape index (κ2) is 11.1. The molecule has 0 aromatic carbocycles. The third kappa shape index (κ3) is 10.9. The SMILES string of the molecule is CNC(=O)NOCCOCCOCC(=O)NN. The minimum absolute atomic E-state index is 0.103. The first-order valence-corrected chi connectivity index (χ1v) is 4.95. The summed E-state index contributed by atoms with van der Waals surface area (Å²) in [4.78, 5) is 26.0. The van der Waals surface area contributed by atoms with E-state index < -0.39 is 11.9 Å². The molecular weight excluding hydrogens is 232 g/mol. The Kier molecular flexibility index (Phi) is 10.2. The number of hydroxylamine groups is 1. The number of carbonyl (C=O) groups excluding carboxylic acids is 2. The summed E-state index contributed by atoms with van der Waals surface area (Å²) >= 11 is 0. The molecule has 0 saturated heterocycles. The van der Waals surface area contributed by atoms with Crippen LogP contribution < -0.4 is 22.1 Å². The second-order valence-electron chi connectivity index (χ2n) is 2.76. The highest BCUT2D eigenvalue weighted by molar-refractivity contribution is 5.76. The van der Waals surface area contributed by atoms with Gasteiger partial charge in [0.1, 0.15) is 6.61 Å². The zero-order valence-electron chi connectivity index (χ0n) is 9.65. The van der Waals surface area contributed by atoms with Crippen LogP contribution in [0.5, 0.6) is 0 Å². The highest BCUT2D eigenvalue weighted by atomic mass is 16.7. The van der Waals surface area contributed by atoms with Gasteiger partial charge in [0.2, 0.25) is 0 Å². The highest BCUT2D eigenvalue weighted by Gasteiger charge is 1.97. The Bertz CT molecular complexity index is 204. The van der Waals surface area contributed by atoms with Crippen molar-refractivity contribution in [1.82, 2.24) is 16.2 Å². The molecule has 0 aliphatic carbocycles. The molecule has 0 heterocycles. The monoisotopic (exact) mass is 250 g/mol. The van der Waals surface area contributed by atoms with Crippen molar-refractivity contribution in [2.24, 2.45) is 5.84 Å². The fourth-order valence-electron chi connectivity index (χ4n) is 0.695. The number of hydrogen-bond acceptors (Lipinski definition) is 6. The number of hydrogen-bond donors (Lipinski definition) is 4. The maximum absolute atomic E-state index is 10.6. The number of ether oxygens (including phenoxy) is 2. The number of nitrogens with one attached hydrogen (secondary N) is 3. The summed E-state index contributed by atoms with van der Waals surface area (Å²) < 4.78 is 9.99. The van der Waals surface area contributed by atoms with E-state index in [0.29, 0.717) is 13.2 Å². The van der Waals surface area contributed by atoms with Crippen molar-refractivity contribution in [2.75, 3.05) is 40.1 Å². The van der Waals surface area contributed by atoms with Crippen LogP contribution in [0.25, 0.3) is 0 Å². The Morgan fingerprint density at radius 2 is 1.76 bits per heavy atom. The van der Waals surface area contributed by atoms with Crippen LogP contribution in [-0.4, -0.2) is 52.0 Å². The molecule has 100 valence electrons. The molecule has 0 aliphatic heterocycles. The summed E-state index contributed by atoms with van der Waals surface area (Å²) in [5.41, 5.74) is 4.06. The van der Waals surface area contributed by atoms with Crippen molar-refractivity contribution in [3.8, 4) is 0 Å². The highest BCUT2D eigenvalue weighted by Crippen LogP contribution is 1.79. The number of rotatable bonds is 9. The van der Waals surface area contributed by atoms with E-state index in [4.69, 9.17) is 20.2 Å². The topological polar surface area (TPSA) is 124 Å². The average molecular weight is 250 g/mol. The van der Waals surface area contributed by atoms with Gasteiger partial charge < -0.3 is 14.8 Å². The van der Waals surface area contributed by atoms with E-state index in [0.717, 1.165) is 0 Å². The third-order valence-corrected chi connectivity index (χ3v) is 1.49. The van der Waals surface area contributed by atoms with Gasteiger partial charge >= 0.3 is 6.03 Å². The Morgan fingerprint density at radius 3 is 2.41 bits per heavy atom. The number of urea groups is 1. The summed E-state index contributed by atoms with van der Waals surface area (Å²) in [6.07, 6.45) is 0. The predicted molar refractivity (Wildman–Crippen MR) is 57.5 cm³/mol. The van der Waals surface area contributed by atoms with E-state index in [1.807, 2.05) is 5.43 Å². The van der Waals surface area contributed by atoms with E-state index >= 15 is 0 Å². The zero-order chi connectivity index (χ0) is 12.9. The summed E-state index contributed by atoms with van der Waals surface area (Å²) in [5.74, 6) is 4.44. The lowest BCUT2D eigenvalue weighted by molar-refractivity contribution is -0.126. The normalized spacial score (nSPS) is 9.76. The lowest BCUT2D eigenvalue weighted by Crippen LogP contribution is -2.34. The minimum Gasteiger partial charge on any atom is -0.377 e. The van der Waals surface area contributed by atoms with Gasteiger partial charge in [-0.3, -0.25) is 15.1 Å². The molecule has 0 rings (SSSR count). The molecular formula is C8H18N4O5. The molecule has 0 spiro atoms. The lowest BCUT2D eigenvalue weighted by Gasteiger charge is -2.06. The van der Waals surface area contributed by atoms with Gasteiger partial charge in [-0.2, -0.15) is 0 Å². The van der Waals surface area contributed by atoms with Gasteiger partial charge in [-0.1, -0.05) is 0 Å². The van der Waals surface area contributed by atoms with Crippen molar-refractivity contribution in [2.45, 2.75) is 0 Å². The number of hydrazine groups is 1. The maximum atomic E-state index is 10.6. The van der Waals surface area contributed by atoms with Crippen molar-refractivity contribution in [3.05, 3.63) is 0 Å². The van der Waals surface area contributed by atoms with E-state index in [9.17, 15) is 9.59 Å². The fraction of sp³-hybridized carbons (Fsp3) is 0.750. The predicted octanol–water partition coefficient (Wildman–Crippen LogP) is -2.13. The molecule has 0 radical (unpaired) electrons. The van der Waals surface area contributed by atoms with E-state index in [2.05, 4.69) is 10.8 Å². The number of carbonyl (C=O) groups is 2. The molecule has 0 saturated carbocycles. The summed E-state index contributed by atoms with van der Waals surface area (Å²) in [6.45, 7) is 1.01. The van der Waals surface area contributed by atoms with Gasteiger partial charge in [-0.15, -0.1) is 0 Å². The Balaban J connectivity index is 3.08. The lowest BCUT2D eigenvalue weighted by atomic mass is 10.6. The van der Waals surface area contributed by atoms with Crippen molar-refractivity contribution in [3.63, 3.8) is 0 Å². The van der Waals surface area contributed by atoms with Crippen LogP contribution in [-0.2, 0) is 19.1 Å². The van der Waals surface area contributed by atoms with Crippen LogP contribution in [0.15, 0.2) is 0 Å². The first kappa shape index (κ1) is 15.6.